The number of rotatable bonds is 3. The molecule has 122 valence electrons. The number of nitro benzene ring substituents is 1. The molecule has 1 saturated heterocycles. The molecule has 0 unspecified atom stereocenters. The highest BCUT2D eigenvalue weighted by Crippen LogP contribution is 2.30. The third kappa shape index (κ3) is 2.27. The predicted octanol–water partition coefficient (Wildman–Crippen LogP) is 2.54. The average Bonchev–Trinajstić information content (AvgIpc) is 3.23. The number of aryl methyl sites for hydroxylation is 1. The standard InChI is InChI=1S/C16H16N6O2/c1-20-13-14(17-10-18-16(13)21-8-2-3-9-21)19-15(20)11-4-6-12(7-5-11)22(23)24/h4-7,10H,2-3,8-9H2,1H3. The molecule has 0 bridgehead atoms. The number of anilines is 1. The summed E-state index contributed by atoms with van der Waals surface area (Å²) in [5, 5.41) is 10.8. The largest absolute Gasteiger partial charge is 0.355 e. The summed E-state index contributed by atoms with van der Waals surface area (Å²) in [4.78, 5) is 26.0. The lowest BCUT2D eigenvalue weighted by atomic mass is 10.2. The van der Waals surface area contributed by atoms with E-state index in [0.717, 1.165) is 35.8 Å². The maximum Gasteiger partial charge on any atom is 0.269 e. The highest BCUT2D eigenvalue weighted by molar-refractivity contribution is 5.87. The highest BCUT2D eigenvalue weighted by atomic mass is 16.6. The maximum absolute atomic E-state index is 10.8. The number of non-ortho nitro benzene ring substituents is 1. The first-order valence-corrected chi connectivity index (χ1v) is 7.82. The summed E-state index contributed by atoms with van der Waals surface area (Å²) >= 11 is 0. The van der Waals surface area contributed by atoms with Crippen molar-refractivity contribution in [2.75, 3.05) is 18.0 Å². The van der Waals surface area contributed by atoms with Gasteiger partial charge in [-0.2, -0.15) is 0 Å². The zero-order valence-electron chi connectivity index (χ0n) is 13.2. The van der Waals surface area contributed by atoms with Crippen LogP contribution in [0.25, 0.3) is 22.6 Å². The van der Waals surface area contributed by atoms with Gasteiger partial charge in [0.2, 0.25) is 0 Å². The number of hydrogen-bond acceptors (Lipinski definition) is 6. The number of hydrogen-bond donors (Lipinski definition) is 0. The number of nitrogens with zero attached hydrogens (tertiary/aromatic N) is 6. The molecule has 1 aliphatic rings. The molecule has 0 spiro atoms. The minimum absolute atomic E-state index is 0.0649. The predicted molar refractivity (Wildman–Crippen MR) is 89.8 cm³/mol. The molecule has 4 rings (SSSR count). The van der Waals surface area contributed by atoms with Crippen molar-refractivity contribution in [1.82, 2.24) is 19.5 Å². The lowest BCUT2D eigenvalue weighted by Crippen LogP contribution is -2.20. The van der Waals surface area contributed by atoms with Crippen LogP contribution in [0.2, 0.25) is 0 Å². The lowest BCUT2D eigenvalue weighted by molar-refractivity contribution is -0.384. The van der Waals surface area contributed by atoms with E-state index in [9.17, 15) is 10.1 Å². The number of nitro groups is 1. The molecule has 0 N–H and O–H groups in total. The van der Waals surface area contributed by atoms with Crippen molar-refractivity contribution in [3.63, 3.8) is 0 Å². The number of benzene rings is 1. The number of imidazole rings is 1. The summed E-state index contributed by atoms with van der Waals surface area (Å²) < 4.78 is 1.96. The average molecular weight is 324 g/mol. The van der Waals surface area contributed by atoms with E-state index in [1.165, 1.54) is 25.0 Å². The Kier molecular flexibility index (Phi) is 3.37. The van der Waals surface area contributed by atoms with Gasteiger partial charge in [0.05, 0.1) is 4.92 Å². The molecule has 2 aromatic heterocycles. The van der Waals surface area contributed by atoms with Crippen molar-refractivity contribution in [1.29, 1.82) is 0 Å². The van der Waals surface area contributed by atoms with E-state index in [4.69, 9.17) is 0 Å². The van der Waals surface area contributed by atoms with Gasteiger partial charge in [0.25, 0.3) is 5.69 Å². The molecule has 24 heavy (non-hydrogen) atoms. The molecule has 0 radical (unpaired) electrons. The second-order valence-corrected chi connectivity index (χ2v) is 5.86. The van der Waals surface area contributed by atoms with Gasteiger partial charge >= 0.3 is 0 Å². The summed E-state index contributed by atoms with van der Waals surface area (Å²) in [7, 11) is 1.93. The Hall–Kier alpha value is -3.03. The van der Waals surface area contributed by atoms with Crippen LogP contribution in [0.4, 0.5) is 11.5 Å². The Morgan fingerprint density at radius 2 is 1.83 bits per heavy atom. The molecular weight excluding hydrogens is 308 g/mol. The molecule has 0 aliphatic carbocycles. The fraction of sp³-hybridized carbons (Fsp3) is 0.312. The normalized spacial score (nSPS) is 14.5. The number of aromatic nitrogens is 4. The van der Waals surface area contributed by atoms with Crippen LogP contribution in [0.15, 0.2) is 30.6 Å². The summed E-state index contributed by atoms with van der Waals surface area (Å²) in [6.07, 6.45) is 3.87. The van der Waals surface area contributed by atoms with Crippen LogP contribution >= 0.6 is 0 Å². The van der Waals surface area contributed by atoms with Gasteiger partial charge < -0.3 is 9.47 Å². The minimum atomic E-state index is -0.407. The van der Waals surface area contributed by atoms with E-state index in [1.807, 2.05) is 11.6 Å². The van der Waals surface area contributed by atoms with E-state index < -0.39 is 4.92 Å². The van der Waals surface area contributed by atoms with Gasteiger partial charge in [-0.05, 0) is 25.0 Å². The quantitative estimate of drug-likeness (QED) is 0.543. The fourth-order valence-electron chi connectivity index (χ4n) is 3.17. The molecule has 1 aliphatic heterocycles. The first-order valence-electron chi connectivity index (χ1n) is 7.82. The second-order valence-electron chi connectivity index (χ2n) is 5.86. The molecule has 0 atom stereocenters. The molecule has 1 aromatic carbocycles. The third-order valence-corrected chi connectivity index (χ3v) is 4.39. The van der Waals surface area contributed by atoms with Crippen LogP contribution in [-0.2, 0) is 7.05 Å². The van der Waals surface area contributed by atoms with Gasteiger partial charge in [0.1, 0.15) is 17.7 Å². The molecule has 8 nitrogen and oxygen atoms in total. The van der Waals surface area contributed by atoms with Gasteiger partial charge in [-0.3, -0.25) is 10.1 Å². The Morgan fingerprint density at radius 1 is 1.12 bits per heavy atom. The SMILES string of the molecule is Cn1c(-c2ccc([N+](=O)[O-])cc2)nc2ncnc(N3CCCC3)c21. The number of fused-ring (bicyclic) bond motifs is 1. The van der Waals surface area contributed by atoms with Gasteiger partial charge in [0.15, 0.2) is 11.5 Å². The summed E-state index contributed by atoms with van der Waals surface area (Å²) in [5.74, 6) is 1.63. The van der Waals surface area contributed by atoms with Crippen LogP contribution in [0.3, 0.4) is 0 Å². The molecule has 0 saturated carbocycles. The topological polar surface area (TPSA) is 90.0 Å². The van der Waals surface area contributed by atoms with Gasteiger partial charge in [-0.1, -0.05) is 0 Å². The fourth-order valence-corrected chi connectivity index (χ4v) is 3.17. The lowest BCUT2D eigenvalue weighted by Gasteiger charge is -2.17. The van der Waals surface area contributed by atoms with Crippen molar-refractivity contribution in [2.24, 2.45) is 7.05 Å². The first kappa shape index (κ1) is 14.6. The zero-order chi connectivity index (χ0) is 16.7. The molecular formula is C16H16N6O2. The van der Waals surface area contributed by atoms with Crippen molar-refractivity contribution < 1.29 is 4.92 Å². The summed E-state index contributed by atoms with van der Waals surface area (Å²) in [5.41, 5.74) is 2.42. The summed E-state index contributed by atoms with van der Waals surface area (Å²) in [6, 6.07) is 6.40. The van der Waals surface area contributed by atoms with Crippen molar-refractivity contribution >= 4 is 22.7 Å². The van der Waals surface area contributed by atoms with Gasteiger partial charge in [0, 0.05) is 37.8 Å². The smallest absolute Gasteiger partial charge is 0.269 e. The molecule has 8 heteroatoms. The van der Waals surface area contributed by atoms with Crippen molar-refractivity contribution in [3.05, 3.63) is 40.7 Å². The molecule has 1 fully saturated rings. The van der Waals surface area contributed by atoms with E-state index in [-0.39, 0.29) is 5.69 Å². The van der Waals surface area contributed by atoms with Crippen LogP contribution < -0.4 is 4.90 Å². The van der Waals surface area contributed by atoms with Crippen LogP contribution in [0.1, 0.15) is 12.8 Å². The Labute approximate surface area is 137 Å². The molecule has 3 aromatic rings. The Balaban J connectivity index is 1.83. The third-order valence-electron chi connectivity index (χ3n) is 4.39. The highest BCUT2D eigenvalue weighted by Gasteiger charge is 2.21. The minimum Gasteiger partial charge on any atom is -0.355 e. The van der Waals surface area contributed by atoms with E-state index in [0.29, 0.717) is 5.65 Å². The van der Waals surface area contributed by atoms with Crippen LogP contribution in [0.5, 0.6) is 0 Å². The van der Waals surface area contributed by atoms with Crippen molar-refractivity contribution in [3.8, 4) is 11.4 Å². The van der Waals surface area contributed by atoms with Crippen molar-refractivity contribution in [2.45, 2.75) is 12.8 Å². The zero-order valence-corrected chi connectivity index (χ0v) is 13.2. The van der Waals surface area contributed by atoms with E-state index >= 15 is 0 Å². The summed E-state index contributed by atoms with van der Waals surface area (Å²) in [6.45, 7) is 1.98. The first-order chi connectivity index (χ1) is 11.6. The molecule has 0 amide bonds. The van der Waals surface area contributed by atoms with Crippen LogP contribution in [-0.4, -0.2) is 37.5 Å². The Morgan fingerprint density at radius 3 is 2.50 bits per heavy atom. The van der Waals surface area contributed by atoms with E-state index in [2.05, 4.69) is 19.9 Å². The Bertz CT molecular complexity index is 912. The molecule has 3 heterocycles. The second kappa shape index (κ2) is 5.55. The van der Waals surface area contributed by atoms with Crippen LogP contribution in [0, 0.1) is 10.1 Å². The van der Waals surface area contributed by atoms with Gasteiger partial charge in [-0.25, -0.2) is 15.0 Å². The van der Waals surface area contributed by atoms with E-state index in [1.54, 1.807) is 18.5 Å². The monoisotopic (exact) mass is 324 g/mol. The maximum atomic E-state index is 10.8. The van der Waals surface area contributed by atoms with Gasteiger partial charge in [-0.15, -0.1) is 0 Å².